The predicted molar refractivity (Wildman–Crippen MR) is 89.3 cm³/mol. The van der Waals surface area contributed by atoms with E-state index in [-0.39, 0.29) is 11.8 Å². The van der Waals surface area contributed by atoms with Crippen LogP contribution in [0.5, 0.6) is 0 Å². The molecule has 1 aliphatic heterocycles. The molecule has 0 radical (unpaired) electrons. The summed E-state index contributed by atoms with van der Waals surface area (Å²) in [5.74, 6) is 0.136. The third-order valence-corrected chi connectivity index (χ3v) is 6.28. The number of sulfonamides is 1. The van der Waals surface area contributed by atoms with Gasteiger partial charge in [-0.2, -0.15) is 4.31 Å². The van der Waals surface area contributed by atoms with E-state index in [0.29, 0.717) is 6.54 Å². The van der Waals surface area contributed by atoms with Crippen molar-refractivity contribution in [3.8, 4) is 0 Å². The number of fused-ring (bicyclic) bond motifs is 1. The van der Waals surface area contributed by atoms with Crippen LogP contribution in [0.1, 0.15) is 35.2 Å². The summed E-state index contributed by atoms with van der Waals surface area (Å²) in [6.45, 7) is 4.31. The summed E-state index contributed by atoms with van der Waals surface area (Å²) in [7, 11) is -3.24. The third-order valence-electron chi connectivity index (χ3n) is 4.44. The zero-order valence-electron chi connectivity index (χ0n) is 13.0. The molecule has 0 bridgehead atoms. The van der Waals surface area contributed by atoms with Crippen LogP contribution in [0.2, 0.25) is 0 Å². The van der Waals surface area contributed by atoms with Gasteiger partial charge in [0.05, 0.1) is 11.8 Å². The number of aryl methyl sites for hydroxylation is 1. The maximum absolute atomic E-state index is 12.6. The first-order valence-corrected chi connectivity index (χ1v) is 9.28. The van der Waals surface area contributed by atoms with E-state index in [1.54, 1.807) is 11.2 Å². The standard InChI is InChI=1S/C18H21NO2S/c1-3-22(20,21)19-13-12-15-9-5-7-11-17(15)18(19)16-10-6-4-8-14(16)2/h4-11,18H,3,12-13H2,1-2H3. The topological polar surface area (TPSA) is 37.4 Å². The minimum Gasteiger partial charge on any atom is -0.212 e. The van der Waals surface area contributed by atoms with Crippen LogP contribution < -0.4 is 0 Å². The van der Waals surface area contributed by atoms with E-state index in [9.17, 15) is 8.42 Å². The fraction of sp³-hybridized carbons (Fsp3) is 0.333. The summed E-state index contributed by atoms with van der Waals surface area (Å²) in [5, 5.41) is 0. The molecule has 0 spiro atoms. The Morgan fingerprint density at radius 2 is 1.68 bits per heavy atom. The Morgan fingerprint density at radius 1 is 1.05 bits per heavy atom. The Kier molecular flexibility index (Phi) is 4.06. The van der Waals surface area contributed by atoms with E-state index in [1.165, 1.54) is 5.56 Å². The van der Waals surface area contributed by atoms with Gasteiger partial charge >= 0.3 is 0 Å². The second-order valence-electron chi connectivity index (χ2n) is 5.72. The Labute approximate surface area is 132 Å². The van der Waals surface area contributed by atoms with Crippen LogP contribution in [0.15, 0.2) is 48.5 Å². The molecule has 0 aromatic heterocycles. The largest absolute Gasteiger partial charge is 0.214 e. The molecule has 4 heteroatoms. The van der Waals surface area contributed by atoms with Crippen molar-refractivity contribution in [2.75, 3.05) is 12.3 Å². The van der Waals surface area contributed by atoms with Gasteiger partial charge in [0.2, 0.25) is 10.0 Å². The van der Waals surface area contributed by atoms with Crippen LogP contribution >= 0.6 is 0 Å². The molecule has 1 atom stereocenters. The highest BCUT2D eigenvalue weighted by atomic mass is 32.2. The van der Waals surface area contributed by atoms with Crippen LogP contribution in [0.3, 0.4) is 0 Å². The van der Waals surface area contributed by atoms with Crippen LogP contribution in [0.4, 0.5) is 0 Å². The number of nitrogens with zero attached hydrogens (tertiary/aromatic N) is 1. The van der Waals surface area contributed by atoms with E-state index in [0.717, 1.165) is 23.1 Å². The Balaban J connectivity index is 2.21. The molecule has 2 aromatic carbocycles. The predicted octanol–water partition coefficient (Wildman–Crippen LogP) is 3.29. The molecule has 0 saturated carbocycles. The van der Waals surface area contributed by atoms with Gasteiger partial charge in [-0.15, -0.1) is 0 Å². The van der Waals surface area contributed by atoms with Gasteiger partial charge in [-0.3, -0.25) is 0 Å². The summed E-state index contributed by atoms with van der Waals surface area (Å²) < 4.78 is 26.8. The summed E-state index contributed by atoms with van der Waals surface area (Å²) in [6.07, 6.45) is 0.776. The minimum absolute atomic E-state index is 0.136. The molecule has 3 nitrogen and oxygen atoms in total. The van der Waals surface area contributed by atoms with E-state index in [1.807, 2.05) is 43.3 Å². The molecule has 22 heavy (non-hydrogen) atoms. The smallest absolute Gasteiger partial charge is 0.212 e. The number of hydrogen-bond acceptors (Lipinski definition) is 2. The lowest BCUT2D eigenvalue weighted by molar-refractivity contribution is 0.344. The first-order chi connectivity index (χ1) is 10.5. The SMILES string of the molecule is CCS(=O)(=O)N1CCc2ccccc2C1c1ccccc1C. The van der Waals surface area contributed by atoms with Crippen molar-refractivity contribution in [3.63, 3.8) is 0 Å². The second-order valence-corrected chi connectivity index (χ2v) is 7.93. The molecule has 0 saturated heterocycles. The molecule has 0 aliphatic carbocycles. The first-order valence-electron chi connectivity index (χ1n) is 7.67. The molecule has 3 rings (SSSR count). The van der Waals surface area contributed by atoms with Gasteiger partial charge in [0.25, 0.3) is 0 Å². The van der Waals surface area contributed by atoms with Crippen molar-refractivity contribution in [2.45, 2.75) is 26.3 Å². The number of benzene rings is 2. The molecule has 2 aromatic rings. The van der Waals surface area contributed by atoms with Crippen LogP contribution in [-0.4, -0.2) is 25.0 Å². The van der Waals surface area contributed by atoms with Gasteiger partial charge in [0.1, 0.15) is 0 Å². The Hall–Kier alpha value is -1.65. The van der Waals surface area contributed by atoms with Crippen molar-refractivity contribution in [1.29, 1.82) is 0 Å². The molecule has 116 valence electrons. The van der Waals surface area contributed by atoms with Crippen LogP contribution in [0.25, 0.3) is 0 Å². The quantitative estimate of drug-likeness (QED) is 0.871. The maximum Gasteiger partial charge on any atom is 0.214 e. The summed E-state index contributed by atoms with van der Waals surface area (Å²) >= 11 is 0. The van der Waals surface area contributed by atoms with E-state index in [4.69, 9.17) is 0 Å². The molecule has 1 aliphatic rings. The summed E-state index contributed by atoms with van der Waals surface area (Å²) in [6, 6.07) is 16.0. The van der Waals surface area contributed by atoms with Gasteiger partial charge in [-0.05, 0) is 42.5 Å². The van der Waals surface area contributed by atoms with E-state index in [2.05, 4.69) is 12.1 Å². The lowest BCUT2D eigenvalue weighted by Gasteiger charge is -2.37. The van der Waals surface area contributed by atoms with Gasteiger partial charge in [0.15, 0.2) is 0 Å². The average Bonchev–Trinajstić information content (AvgIpc) is 2.54. The third kappa shape index (κ3) is 2.57. The molecule has 0 N–H and O–H groups in total. The van der Waals surface area contributed by atoms with Crippen molar-refractivity contribution >= 4 is 10.0 Å². The van der Waals surface area contributed by atoms with E-state index >= 15 is 0 Å². The number of hydrogen-bond donors (Lipinski definition) is 0. The monoisotopic (exact) mass is 315 g/mol. The Bertz CT molecular complexity index is 783. The fourth-order valence-electron chi connectivity index (χ4n) is 3.23. The summed E-state index contributed by atoms with van der Waals surface area (Å²) in [5.41, 5.74) is 4.56. The Morgan fingerprint density at radius 3 is 2.36 bits per heavy atom. The molecule has 1 unspecified atom stereocenters. The summed E-state index contributed by atoms with van der Waals surface area (Å²) in [4.78, 5) is 0. The lowest BCUT2D eigenvalue weighted by Crippen LogP contribution is -2.41. The molecule has 0 fully saturated rings. The van der Waals surface area contributed by atoms with Crippen molar-refractivity contribution in [2.24, 2.45) is 0 Å². The van der Waals surface area contributed by atoms with Crippen LogP contribution in [0, 0.1) is 6.92 Å². The van der Waals surface area contributed by atoms with Gasteiger partial charge in [-0.1, -0.05) is 48.5 Å². The maximum atomic E-state index is 12.6. The van der Waals surface area contributed by atoms with Gasteiger partial charge in [0, 0.05) is 6.54 Å². The molecular formula is C18H21NO2S. The zero-order chi connectivity index (χ0) is 15.7. The highest BCUT2D eigenvalue weighted by Crippen LogP contribution is 2.38. The highest BCUT2D eigenvalue weighted by Gasteiger charge is 2.35. The van der Waals surface area contributed by atoms with E-state index < -0.39 is 10.0 Å². The van der Waals surface area contributed by atoms with Crippen LogP contribution in [-0.2, 0) is 16.4 Å². The molecular weight excluding hydrogens is 294 g/mol. The zero-order valence-corrected chi connectivity index (χ0v) is 13.8. The second kappa shape index (κ2) is 5.86. The van der Waals surface area contributed by atoms with Crippen molar-refractivity contribution in [1.82, 2.24) is 4.31 Å². The fourth-order valence-corrected chi connectivity index (χ4v) is 4.47. The van der Waals surface area contributed by atoms with Crippen molar-refractivity contribution < 1.29 is 8.42 Å². The normalized spacial score (nSPS) is 18.9. The molecule has 1 heterocycles. The number of rotatable bonds is 3. The van der Waals surface area contributed by atoms with Crippen molar-refractivity contribution in [3.05, 3.63) is 70.8 Å². The average molecular weight is 315 g/mol. The highest BCUT2D eigenvalue weighted by molar-refractivity contribution is 7.89. The first kappa shape index (κ1) is 15.3. The molecule has 0 amide bonds. The lowest BCUT2D eigenvalue weighted by atomic mass is 9.88. The van der Waals surface area contributed by atoms with Gasteiger partial charge in [-0.25, -0.2) is 8.42 Å². The van der Waals surface area contributed by atoms with Gasteiger partial charge < -0.3 is 0 Å². The minimum atomic E-state index is -3.24.